The lowest BCUT2D eigenvalue weighted by Gasteiger charge is -2.33. The van der Waals surface area contributed by atoms with Crippen LogP contribution in [-0.4, -0.2) is 39.6 Å². The number of aromatic nitrogens is 2. The van der Waals surface area contributed by atoms with Crippen molar-refractivity contribution < 1.29 is 18.5 Å². The molecule has 0 aliphatic carbocycles. The van der Waals surface area contributed by atoms with Crippen LogP contribution in [-0.2, 0) is 11.3 Å². The Morgan fingerprint density at radius 1 is 1.24 bits per heavy atom. The van der Waals surface area contributed by atoms with Gasteiger partial charge < -0.3 is 0 Å². The second kappa shape index (κ2) is 5.23. The van der Waals surface area contributed by atoms with Gasteiger partial charge in [-0.1, -0.05) is 17.1 Å². The van der Waals surface area contributed by atoms with Crippen LogP contribution in [0.5, 0.6) is 0 Å². The van der Waals surface area contributed by atoms with Crippen molar-refractivity contribution in [3.05, 3.63) is 47.0 Å². The summed E-state index contributed by atoms with van der Waals surface area (Å²) in [6.07, 6.45) is 0. The Morgan fingerprint density at radius 2 is 1.92 bits per heavy atom. The summed E-state index contributed by atoms with van der Waals surface area (Å²) in [5.74, 6) is 0.282. The van der Waals surface area contributed by atoms with Crippen molar-refractivity contribution in [1.29, 1.82) is 0 Å². The van der Waals surface area contributed by atoms with Crippen LogP contribution in [0.4, 0.5) is 15.1 Å². The van der Waals surface area contributed by atoms with Gasteiger partial charge in [0.05, 0.1) is 6.54 Å². The molecular weight excluding hydrogens is 325 g/mol. The van der Waals surface area contributed by atoms with Crippen LogP contribution in [0.25, 0.3) is 0 Å². The van der Waals surface area contributed by atoms with E-state index in [1.54, 1.807) is 19.2 Å². The SMILES string of the molecule is Cc1[nH]c2[n+](c1C)C1C(=O)N(Cc3ccc(F)cc3)C(=O)N(C)C1=N2. The summed E-state index contributed by atoms with van der Waals surface area (Å²) in [5.41, 5.74) is 2.51. The highest BCUT2D eigenvalue weighted by Gasteiger charge is 2.53. The number of nitrogens with zero attached hydrogens (tertiary/aromatic N) is 4. The molecule has 1 atom stereocenters. The maximum Gasteiger partial charge on any atom is 0.399 e. The fraction of sp³-hybridized carbons (Fsp3) is 0.294. The number of aryl methyl sites for hydroxylation is 1. The molecule has 1 unspecified atom stereocenters. The first-order valence-electron chi connectivity index (χ1n) is 7.91. The molecule has 1 aromatic heterocycles. The highest BCUT2D eigenvalue weighted by Crippen LogP contribution is 2.29. The summed E-state index contributed by atoms with van der Waals surface area (Å²) in [7, 11) is 1.60. The lowest BCUT2D eigenvalue weighted by atomic mass is 10.1. The number of amidine groups is 1. The molecule has 0 radical (unpaired) electrons. The summed E-state index contributed by atoms with van der Waals surface area (Å²) in [5, 5.41) is 0. The van der Waals surface area contributed by atoms with Gasteiger partial charge in [0.2, 0.25) is 11.9 Å². The number of amides is 3. The maximum atomic E-state index is 13.1. The molecule has 0 bridgehead atoms. The predicted molar refractivity (Wildman–Crippen MR) is 86.7 cm³/mol. The van der Waals surface area contributed by atoms with Gasteiger partial charge in [-0.15, -0.1) is 0 Å². The molecule has 25 heavy (non-hydrogen) atoms. The molecule has 1 aromatic carbocycles. The van der Waals surface area contributed by atoms with E-state index in [-0.39, 0.29) is 18.3 Å². The first-order chi connectivity index (χ1) is 11.9. The summed E-state index contributed by atoms with van der Waals surface area (Å²) >= 11 is 0. The van der Waals surface area contributed by atoms with Crippen LogP contribution >= 0.6 is 0 Å². The number of halogens is 1. The quantitative estimate of drug-likeness (QED) is 0.845. The lowest BCUT2D eigenvalue weighted by molar-refractivity contribution is -0.682. The number of aromatic amines is 1. The van der Waals surface area contributed by atoms with Crippen LogP contribution in [0.2, 0.25) is 0 Å². The zero-order valence-corrected chi connectivity index (χ0v) is 14.1. The van der Waals surface area contributed by atoms with Gasteiger partial charge in [0.15, 0.2) is 0 Å². The number of carbonyl (C=O) groups is 2. The molecular formula is C17H17FN5O2+. The fourth-order valence-electron chi connectivity index (χ4n) is 3.26. The van der Waals surface area contributed by atoms with Gasteiger partial charge in [-0.25, -0.2) is 18.7 Å². The summed E-state index contributed by atoms with van der Waals surface area (Å²) < 4.78 is 14.9. The Balaban J connectivity index is 1.73. The predicted octanol–water partition coefficient (Wildman–Crippen LogP) is 1.74. The zero-order valence-electron chi connectivity index (χ0n) is 14.1. The molecule has 8 heteroatoms. The summed E-state index contributed by atoms with van der Waals surface area (Å²) in [6, 6.07) is 4.66. The first-order valence-corrected chi connectivity index (χ1v) is 7.91. The van der Waals surface area contributed by atoms with E-state index in [1.165, 1.54) is 21.9 Å². The van der Waals surface area contributed by atoms with Gasteiger partial charge in [0, 0.05) is 7.05 Å². The molecule has 128 valence electrons. The monoisotopic (exact) mass is 342 g/mol. The van der Waals surface area contributed by atoms with Gasteiger partial charge in [-0.3, -0.25) is 14.6 Å². The standard InChI is InChI=1S/C17H16FN5O2/c1-9-10(2)23-13-14(20-16(23)19-9)21(3)17(25)22(15(13)24)8-11-4-6-12(18)7-5-11/h4-7,13H,8H2,1-3H3/p+1. The van der Waals surface area contributed by atoms with E-state index in [1.807, 2.05) is 18.4 Å². The van der Waals surface area contributed by atoms with Crippen molar-refractivity contribution in [2.75, 3.05) is 7.05 Å². The molecule has 1 fully saturated rings. The average Bonchev–Trinajstić information content (AvgIpc) is 3.08. The molecule has 1 saturated heterocycles. The summed E-state index contributed by atoms with van der Waals surface area (Å²) in [6.45, 7) is 3.90. The lowest BCUT2D eigenvalue weighted by Crippen LogP contribution is -2.63. The molecule has 1 N–H and O–H groups in total. The Morgan fingerprint density at radius 3 is 2.60 bits per heavy atom. The van der Waals surface area contributed by atoms with E-state index in [2.05, 4.69) is 9.98 Å². The number of rotatable bonds is 2. The van der Waals surface area contributed by atoms with Crippen molar-refractivity contribution in [1.82, 2.24) is 14.8 Å². The second-order valence-electron chi connectivity index (χ2n) is 6.29. The van der Waals surface area contributed by atoms with Crippen LogP contribution < -0.4 is 4.57 Å². The van der Waals surface area contributed by atoms with Crippen LogP contribution in [0.1, 0.15) is 23.0 Å². The number of urea groups is 1. The molecule has 2 aliphatic rings. The van der Waals surface area contributed by atoms with Gasteiger partial charge in [-0.05, 0) is 31.5 Å². The fourth-order valence-corrected chi connectivity index (χ4v) is 3.26. The number of nitrogens with one attached hydrogen (secondary N) is 1. The minimum Gasteiger partial charge on any atom is -0.270 e. The Hall–Kier alpha value is -3.03. The highest BCUT2D eigenvalue weighted by molar-refractivity contribution is 6.19. The van der Waals surface area contributed by atoms with E-state index in [0.29, 0.717) is 17.3 Å². The maximum absolute atomic E-state index is 13.1. The van der Waals surface area contributed by atoms with Crippen molar-refractivity contribution >= 4 is 23.7 Å². The number of hydrogen-bond acceptors (Lipinski definition) is 3. The molecule has 2 aliphatic heterocycles. The zero-order chi connectivity index (χ0) is 17.9. The molecule has 2 aromatic rings. The van der Waals surface area contributed by atoms with E-state index in [4.69, 9.17) is 0 Å². The molecule has 3 amide bonds. The average molecular weight is 342 g/mol. The third-order valence-corrected chi connectivity index (χ3v) is 4.77. The van der Waals surface area contributed by atoms with Gasteiger partial charge >= 0.3 is 12.0 Å². The number of H-pyrrole nitrogens is 1. The minimum absolute atomic E-state index is 0.0877. The van der Waals surface area contributed by atoms with Crippen LogP contribution in [0.15, 0.2) is 29.3 Å². The highest BCUT2D eigenvalue weighted by atomic mass is 19.1. The van der Waals surface area contributed by atoms with Gasteiger partial charge in [0.1, 0.15) is 17.2 Å². The number of benzene rings is 1. The number of carbonyl (C=O) groups excluding carboxylic acids is 2. The van der Waals surface area contributed by atoms with Gasteiger partial charge in [0.25, 0.3) is 5.91 Å². The number of hydrogen-bond donors (Lipinski definition) is 1. The molecule has 7 nitrogen and oxygen atoms in total. The van der Waals surface area contributed by atoms with Crippen molar-refractivity contribution in [3.63, 3.8) is 0 Å². The largest absolute Gasteiger partial charge is 0.399 e. The number of imide groups is 1. The third kappa shape index (κ3) is 2.17. The summed E-state index contributed by atoms with van der Waals surface area (Å²) in [4.78, 5) is 35.8. The normalized spacial score (nSPS) is 19.2. The number of likely N-dealkylation sites (N-methyl/N-ethyl adjacent to an activating group) is 1. The molecule has 4 rings (SSSR count). The van der Waals surface area contributed by atoms with E-state index >= 15 is 0 Å². The van der Waals surface area contributed by atoms with Crippen molar-refractivity contribution in [3.8, 4) is 0 Å². The van der Waals surface area contributed by atoms with E-state index < -0.39 is 12.1 Å². The molecule has 0 spiro atoms. The topological polar surface area (TPSA) is 72.7 Å². The Kier molecular flexibility index (Phi) is 3.24. The second-order valence-corrected chi connectivity index (χ2v) is 6.29. The van der Waals surface area contributed by atoms with Crippen molar-refractivity contribution in [2.45, 2.75) is 26.4 Å². The van der Waals surface area contributed by atoms with E-state index in [0.717, 1.165) is 11.4 Å². The smallest absolute Gasteiger partial charge is 0.270 e. The minimum atomic E-state index is -0.664. The first kappa shape index (κ1) is 15.5. The van der Waals surface area contributed by atoms with Crippen LogP contribution in [0, 0.1) is 19.7 Å². The third-order valence-electron chi connectivity index (χ3n) is 4.77. The van der Waals surface area contributed by atoms with Crippen LogP contribution in [0.3, 0.4) is 0 Å². The Labute approximate surface area is 143 Å². The van der Waals surface area contributed by atoms with Gasteiger partial charge in [-0.2, -0.15) is 0 Å². The number of aliphatic imine (C=N–C) groups is 1. The number of fused-ring (bicyclic) bond motifs is 3. The molecule has 0 saturated carbocycles. The van der Waals surface area contributed by atoms with E-state index in [9.17, 15) is 14.0 Å². The van der Waals surface area contributed by atoms with Crippen molar-refractivity contribution in [2.24, 2.45) is 4.99 Å². The molecule has 3 heterocycles. The Bertz CT molecular complexity index is 931. The number of imidazole rings is 1.